The van der Waals surface area contributed by atoms with Crippen LogP contribution >= 0.6 is 0 Å². The molecule has 1 unspecified atom stereocenters. The summed E-state index contributed by atoms with van der Waals surface area (Å²) in [5.74, 6) is 0.154. The molecule has 232 valence electrons. The van der Waals surface area contributed by atoms with Crippen LogP contribution in [0.2, 0.25) is 0 Å². The van der Waals surface area contributed by atoms with Crippen molar-refractivity contribution in [2.24, 2.45) is 11.8 Å². The number of hydrogen-bond donors (Lipinski definition) is 2. The number of carbonyl (C=O) groups excluding carboxylic acids is 2. The lowest BCUT2D eigenvalue weighted by Crippen LogP contribution is -2.47. The first-order chi connectivity index (χ1) is 19.9. The molecule has 1 heterocycles. The van der Waals surface area contributed by atoms with Gasteiger partial charge < -0.3 is 38.8 Å². The summed E-state index contributed by atoms with van der Waals surface area (Å²) in [4.78, 5) is 30.4. The molecule has 0 aliphatic heterocycles. The SMILES string of the molecule is COc1ccc(C[C@@H]([C@H](C)OC(=O)[C@H](C)NC(=O)c2nccc(OC)c2OCOC(C)O)C(C)(C)OCC2CC2)cc1. The van der Waals surface area contributed by atoms with E-state index >= 15 is 0 Å². The summed E-state index contributed by atoms with van der Waals surface area (Å²) in [6.45, 7) is 9.18. The van der Waals surface area contributed by atoms with Crippen LogP contribution in [0.4, 0.5) is 0 Å². The van der Waals surface area contributed by atoms with Crippen molar-refractivity contribution in [3.05, 3.63) is 47.8 Å². The van der Waals surface area contributed by atoms with Crippen LogP contribution in [0.15, 0.2) is 36.5 Å². The van der Waals surface area contributed by atoms with Gasteiger partial charge in [0.05, 0.1) is 26.4 Å². The Morgan fingerprint density at radius 1 is 1.07 bits per heavy atom. The van der Waals surface area contributed by atoms with Gasteiger partial charge in [-0.15, -0.1) is 0 Å². The van der Waals surface area contributed by atoms with Crippen LogP contribution in [-0.2, 0) is 25.4 Å². The number of nitrogens with zero attached hydrogens (tertiary/aromatic N) is 1. The smallest absolute Gasteiger partial charge is 0.328 e. The second-order valence-electron chi connectivity index (χ2n) is 11.1. The van der Waals surface area contributed by atoms with Crippen molar-refractivity contribution >= 4 is 11.9 Å². The normalized spacial score (nSPS) is 16.1. The summed E-state index contributed by atoms with van der Waals surface area (Å²) < 4.78 is 33.4. The van der Waals surface area contributed by atoms with Gasteiger partial charge >= 0.3 is 5.97 Å². The first kappa shape index (κ1) is 33.1. The number of methoxy groups -OCH3 is 2. The Balaban J connectivity index is 1.70. The van der Waals surface area contributed by atoms with E-state index in [9.17, 15) is 14.7 Å². The molecule has 1 fully saturated rings. The molecule has 11 heteroatoms. The number of esters is 1. The van der Waals surface area contributed by atoms with E-state index in [1.165, 1.54) is 46.1 Å². The van der Waals surface area contributed by atoms with Gasteiger partial charge in [-0.3, -0.25) is 4.79 Å². The van der Waals surface area contributed by atoms with E-state index in [0.29, 0.717) is 18.9 Å². The second kappa shape index (κ2) is 15.2. The molecule has 1 aliphatic carbocycles. The third-order valence-electron chi connectivity index (χ3n) is 7.28. The molecular weight excluding hydrogens is 544 g/mol. The van der Waals surface area contributed by atoms with Crippen LogP contribution in [0, 0.1) is 11.8 Å². The number of aliphatic hydroxyl groups is 1. The zero-order chi connectivity index (χ0) is 30.9. The topological polar surface area (TPSA) is 135 Å². The van der Waals surface area contributed by atoms with E-state index in [4.69, 9.17) is 28.4 Å². The van der Waals surface area contributed by atoms with E-state index < -0.39 is 35.9 Å². The number of ether oxygens (including phenoxy) is 6. The first-order valence-corrected chi connectivity index (χ1v) is 14.2. The summed E-state index contributed by atoms with van der Waals surface area (Å²) in [7, 11) is 3.04. The van der Waals surface area contributed by atoms with Crippen molar-refractivity contribution in [2.45, 2.75) is 77.9 Å². The highest BCUT2D eigenvalue weighted by Gasteiger charge is 2.39. The minimum atomic E-state index is -1.07. The maximum atomic E-state index is 13.2. The number of hydrogen-bond acceptors (Lipinski definition) is 10. The molecule has 1 aromatic carbocycles. The molecule has 3 rings (SSSR count). The molecule has 2 aromatic rings. The molecule has 1 amide bonds. The summed E-state index contributed by atoms with van der Waals surface area (Å²) in [6, 6.07) is 8.32. The number of pyridine rings is 1. The molecule has 2 N–H and O–H groups in total. The minimum absolute atomic E-state index is 0.0150. The van der Waals surface area contributed by atoms with Gasteiger partial charge in [0.2, 0.25) is 0 Å². The van der Waals surface area contributed by atoms with Crippen LogP contribution < -0.4 is 19.5 Å². The van der Waals surface area contributed by atoms with Crippen LogP contribution in [0.1, 0.15) is 63.5 Å². The third kappa shape index (κ3) is 9.57. The predicted octanol–water partition coefficient (Wildman–Crippen LogP) is 3.90. The number of benzene rings is 1. The third-order valence-corrected chi connectivity index (χ3v) is 7.28. The molecule has 1 saturated carbocycles. The Kier molecular flexibility index (Phi) is 12.0. The van der Waals surface area contributed by atoms with Gasteiger partial charge in [-0.1, -0.05) is 12.1 Å². The van der Waals surface area contributed by atoms with Crippen LogP contribution in [-0.4, -0.2) is 73.6 Å². The van der Waals surface area contributed by atoms with Crippen molar-refractivity contribution in [3.63, 3.8) is 0 Å². The summed E-state index contributed by atoms with van der Waals surface area (Å²) >= 11 is 0. The Labute approximate surface area is 247 Å². The quantitative estimate of drug-likeness (QED) is 0.207. The molecule has 1 aromatic heterocycles. The highest BCUT2D eigenvalue weighted by molar-refractivity contribution is 5.98. The zero-order valence-corrected chi connectivity index (χ0v) is 25.5. The number of amides is 1. The van der Waals surface area contributed by atoms with E-state index in [-0.39, 0.29) is 29.9 Å². The van der Waals surface area contributed by atoms with E-state index in [0.717, 1.165) is 11.3 Å². The lowest BCUT2D eigenvalue weighted by Gasteiger charge is -2.38. The van der Waals surface area contributed by atoms with E-state index in [1.807, 2.05) is 45.0 Å². The summed E-state index contributed by atoms with van der Waals surface area (Å²) in [6.07, 6.45) is 2.74. The van der Waals surface area contributed by atoms with Gasteiger partial charge in [0, 0.05) is 18.2 Å². The van der Waals surface area contributed by atoms with Crippen LogP contribution in [0.25, 0.3) is 0 Å². The molecule has 0 spiro atoms. The second-order valence-corrected chi connectivity index (χ2v) is 11.1. The molecule has 0 radical (unpaired) electrons. The lowest BCUT2D eigenvalue weighted by molar-refractivity contribution is -0.161. The van der Waals surface area contributed by atoms with E-state index in [1.54, 1.807) is 7.11 Å². The predicted molar refractivity (Wildman–Crippen MR) is 154 cm³/mol. The van der Waals surface area contributed by atoms with Crippen molar-refractivity contribution in [3.8, 4) is 17.2 Å². The Bertz CT molecular complexity index is 1170. The van der Waals surface area contributed by atoms with Gasteiger partial charge in [0.25, 0.3) is 5.91 Å². The maximum Gasteiger partial charge on any atom is 0.328 e. The van der Waals surface area contributed by atoms with Crippen molar-refractivity contribution in [1.82, 2.24) is 10.3 Å². The van der Waals surface area contributed by atoms with Crippen molar-refractivity contribution in [2.75, 3.05) is 27.6 Å². The lowest BCUT2D eigenvalue weighted by atomic mass is 9.81. The monoisotopic (exact) mass is 588 g/mol. The number of rotatable bonds is 17. The molecule has 0 saturated heterocycles. The summed E-state index contributed by atoms with van der Waals surface area (Å²) in [5, 5.41) is 12.0. The molecule has 1 aliphatic rings. The standard InChI is InChI=1S/C31H44N2O9/c1-19(33-29(35)27-28(40-18-39-21(3)34)26(38-7)14-15-32-27)30(36)42-20(2)25(31(4,5)41-17-23-8-9-23)16-22-10-12-24(37-6)13-11-22/h10-15,19-21,23,25,34H,8-9,16-18H2,1-7H3,(H,33,35)/t19-,20-,21?,25-/m0/s1. The Morgan fingerprint density at radius 3 is 2.36 bits per heavy atom. The Hall–Kier alpha value is -3.41. The van der Waals surface area contributed by atoms with Gasteiger partial charge in [-0.2, -0.15) is 0 Å². The largest absolute Gasteiger partial charge is 0.497 e. The highest BCUT2D eigenvalue weighted by atomic mass is 16.7. The van der Waals surface area contributed by atoms with Gasteiger partial charge in [-0.25, -0.2) is 9.78 Å². The number of aliphatic hydroxyl groups excluding tert-OH is 1. The van der Waals surface area contributed by atoms with Gasteiger partial charge in [0.15, 0.2) is 30.3 Å². The van der Waals surface area contributed by atoms with Crippen molar-refractivity contribution < 1.29 is 43.1 Å². The number of carbonyl (C=O) groups is 2. The molecular formula is C31H44N2O9. The first-order valence-electron chi connectivity index (χ1n) is 14.2. The van der Waals surface area contributed by atoms with Crippen molar-refractivity contribution in [1.29, 1.82) is 0 Å². The van der Waals surface area contributed by atoms with E-state index in [2.05, 4.69) is 10.3 Å². The fourth-order valence-electron chi connectivity index (χ4n) is 4.49. The molecule has 42 heavy (non-hydrogen) atoms. The number of aromatic nitrogens is 1. The maximum absolute atomic E-state index is 13.2. The summed E-state index contributed by atoms with van der Waals surface area (Å²) in [5.41, 5.74) is 0.368. The molecule has 0 bridgehead atoms. The zero-order valence-electron chi connectivity index (χ0n) is 25.5. The number of nitrogens with one attached hydrogen (secondary N) is 1. The van der Waals surface area contributed by atoms with Crippen LogP contribution in [0.3, 0.4) is 0 Å². The van der Waals surface area contributed by atoms with Gasteiger partial charge in [-0.05, 0) is 77.5 Å². The molecule has 11 nitrogen and oxygen atoms in total. The fourth-order valence-corrected chi connectivity index (χ4v) is 4.49. The van der Waals surface area contributed by atoms with Crippen LogP contribution in [0.5, 0.6) is 17.2 Å². The average Bonchev–Trinajstić information content (AvgIpc) is 3.79. The van der Waals surface area contributed by atoms with Gasteiger partial charge in [0.1, 0.15) is 17.9 Å². The average molecular weight is 589 g/mol. The Morgan fingerprint density at radius 2 is 1.76 bits per heavy atom. The fraction of sp³-hybridized carbons (Fsp3) is 0.581. The molecule has 4 atom stereocenters. The minimum Gasteiger partial charge on any atom is -0.497 e. The highest BCUT2D eigenvalue weighted by Crippen LogP contribution is 2.35.